The number of likely N-dealkylation sites (tertiary alicyclic amines) is 1. The fourth-order valence-electron chi connectivity index (χ4n) is 4.16. The number of aliphatic imine (C=N–C) groups is 1. The van der Waals surface area contributed by atoms with Crippen LogP contribution in [0.2, 0.25) is 0 Å². The number of amidine groups is 1. The molecule has 2 bridgehead atoms. The molecule has 3 aliphatic rings. The number of fused-ring (bicyclic) bond motifs is 2. The number of hydrogen-bond donors (Lipinski definition) is 2. The molecule has 3 N–H and O–H groups in total. The fourth-order valence-corrected chi connectivity index (χ4v) is 4.55. The van der Waals surface area contributed by atoms with Gasteiger partial charge in [-0.05, 0) is 38.0 Å². The first kappa shape index (κ1) is 20.8. The molecule has 0 aliphatic carbocycles. The molecule has 28 heavy (non-hydrogen) atoms. The van der Waals surface area contributed by atoms with E-state index in [1.165, 1.54) is 4.90 Å². The number of nitrogens with zero attached hydrogens (tertiary/aromatic N) is 4. The highest BCUT2D eigenvalue weighted by Gasteiger charge is 2.48. The largest absolute Gasteiger partial charge is 0.418 e. The molecule has 0 aromatic carbocycles. The van der Waals surface area contributed by atoms with Gasteiger partial charge in [-0.3, -0.25) is 14.3 Å². The van der Waals surface area contributed by atoms with Crippen LogP contribution >= 0.6 is 0 Å². The summed E-state index contributed by atoms with van der Waals surface area (Å²) in [4.78, 5) is 31.5. The van der Waals surface area contributed by atoms with Gasteiger partial charge in [0.1, 0.15) is 5.84 Å². The van der Waals surface area contributed by atoms with E-state index in [-0.39, 0.29) is 12.5 Å². The van der Waals surface area contributed by atoms with Crippen molar-refractivity contribution >= 4 is 28.2 Å². The molecule has 0 aromatic rings. The van der Waals surface area contributed by atoms with Crippen LogP contribution in [0.1, 0.15) is 39.0 Å². The molecule has 0 spiro atoms. The third-order valence-electron chi connectivity index (χ3n) is 5.73. The molecule has 0 saturated carbocycles. The predicted octanol–water partition coefficient (Wildman–Crippen LogP) is -0.00480. The van der Waals surface area contributed by atoms with Gasteiger partial charge in [0.15, 0.2) is 0 Å². The van der Waals surface area contributed by atoms with Crippen molar-refractivity contribution in [1.29, 1.82) is 0 Å². The summed E-state index contributed by atoms with van der Waals surface area (Å²) in [6, 6.07) is -1.48. The lowest BCUT2D eigenvalue weighted by Crippen LogP contribution is -2.48. The molecule has 3 fully saturated rings. The highest BCUT2D eigenvalue weighted by molar-refractivity contribution is 7.80. The molecule has 3 rings (SSSR count). The highest BCUT2D eigenvalue weighted by atomic mass is 32.3. The number of carbonyl (C=O) groups excluding carboxylic acids is 2. The minimum Gasteiger partial charge on any atom is -0.386 e. The third-order valence-corrected chi connectivity index (χ3v) is 6.08. The SMILES string of the molecule is CC(=O)N1CCC(CCN=C(N)[C@@H]2CC[C@@H]3CN2C(=O)N3OS(=O)(=O)O)CC1. The van der Waals surface area contributed by atoms with Gasteiger partial charge in [-0.2, -0.15) is 13.5 Å². The average molecular weight is 417 g/mol. The van der Waals surface area contributed by atoms with Crippen LogP contribution in [-0.2, 0) is 19.5 Å². The second-order valence-corrected chi connectivity index (χ2v) is 8.56. The maximum Gasteiger partial charge on any atom is 0.418 e. The summed E-state index contributed by atoms with van der Waals surface area (Å²) < 4.78 is 35.1. The van der Waals surface area contributed by atoms with E-state index in [1.54, 1.807) is 6.92 Å². The first-order chi connectivity index (χ1) is 13.2. The van der Waals surface area contributed by atoms with Crippen LogP contribution in [-0.4, -0.2) is 83.9 Å². The fraction of sp³-hybridized carbons (Fsp3) is 0.812. The lowest BCUT2D eigenvalue weighted by molar-refractivity contribution is -0.130. The van der Waals surface area contributed by atoms with Crippen LogP contribution in [0.3, 0.4) is 0 Å². The standard InChI is InChI=1S/C16H27N5O6S/c1-11(22)19-8-5-12(6-9-19)4-7-18-15(17)14-3-2-13-10-20(14)16(23)21(13)27-28(24,25)26/h12-14H,2-10H2,1H3,(H2,17,18)(H,24,25,26)/t13-,14+/m1/s1. The first-order valence-corrected chi connectivity index (χ1v) is 10.8. The number of carbonyl (C=O) groups is 2. The van der Waals surface area contributed by atoms with E-state index in [2.05, 4.69) is 9.28 Å². The molecule has 0 aromatic heterocycles. The Morgan fingerprint density at radius 2 is 1.96 bits per heavy atom. The number of hydroxylamine groups is 2. The normalized spacial score (nSPS) is 26.9. The summed E-state index contributed by atoms with van der Waals surface area (Å²) in [5.41, 5.74) is 6.12. The Labute approximate surface area is 164 Å². The van der Waals surface area contributed by atoms with Gasteiger partial charge in [0.05, 0.1) is 12.1 Å². The zero-order chi connectivity index (χ0) is 20.5. The molecule has 3 saturated heterocycles. The molecule has 3 amide bonds. The second kappa shape index (κ2) is 8.21. The van der Waals surface area contributed by atoms with Crippen LogP contribution in [0.5, 0.6) is 0 Å². The van der Waals surface area contributed by atoms with Crippen LogP contribution in [0.15, 0.2) is 4.99 Å². The smallest absolute Gasteiger partial charge is 0.386 e. The van der Waals surface area contributed by atoms with Crippen molar-refractivity contribution in [3.05, 3.63) is 0 Å². The van der Waals surface area contributed by atoms with E-state index in [4.69, 9.17) is 10.3 Å². The molecule has 11 nitrogen and oxygen atoms in total. The highest BCUT2D eigenvalue weighted by Crippen LogP contribution is 2.30. The number of hydrogen-bond acceptors (Lipinski definition) is 6. The van der Waals surface area contributed by atoms with Crippen LogP contribution < -0.4 is 5.73 Å². The minimum absolute atomic E-state index is 0.110. The Balaban J connectivity index is 1.52. The summed E-state index contributed by atoms with van der Waals surface area (Å²) in [7, 11) is -4.76. The maximum atomic E-state index is 12.4. The van der Waals surface area contributed by atoms with E-state index in [0.717, 1.165) is 32.4 Å². The van der Waals surface area contributed by atoms with Crippen molar-refractivity contribution in [1.82, 2.24) is 14.9 Å². The van der Waals surface area contributed by atoms with E-state index in [0.29, 0.717) is 36.2 Å². The van der Waals surface area contributed by atoms with Crippen molar-refractivity contribution in [2.45, 2.75) is 51.1 Å². The maximum absolute atomic E-state index is 12.4. The second-order valence-electron chi connectivity index (χ2n) is 7.55. The summed E-state index contributed by atoms with van der Waals surface area (Å²) in [5, 5.41) is 0.700. The van der Waals surface area contributed by atoms with Crippen molar-refractivity contribution in [3.8, 4) is 0 Å². The molecule has 0 unspecified atom stereocenters. The van der Waals surface area contributed by atoms with Gasteiger partial charge in [-0.15, -0.1) is 4.28 Å². The van der Waals surface area contributed by atoms with E-state index in [9.17, 15) is 18.0 Å². The number of piperidine rings is 2. The molecule has 3 heterocycles. The number of urea groups is 1. The Kier molecular flexibility index (Phi) is 6.10. The minimum atomic E-state index is -4.76. The zero-order valence-electron chi connectivity index (χ0n) is 15.9. The lowest BCUT2D eigenvalue weighted by atomic mass is 9.93. The summed E-state index contributed by atoms with van der Waals surface area (Å²) in [6.45, 7) is 3.95. The predicted molar refractivity (Wildman–Crippen MR) is 99.5 cm³/mol. The Morgan fingerprint density at radius 1 is 1.29 bits per heavy atom. The van der Waals surface area contributed by atoms with Gasteiger partial charge < -0.3 is 15.5 Å². The zero-order valence-corrected chi connectivity index (χ0v) is 16.7. The van der Waals surface area contributed by atoms with Crippen molar-refractivity contribution in [2.75, 3.05) is 26.2 Å². The van der Waals surface area contributed by atoms with Gasteiger partial charge in [0.2, 0.25) is 5.91 Å². The van der Waals surface area contributed by atoms with Gasteiger partial charge in [-0.1, -0.05) is 0 Å². The molecule has 0 radical (unpaired) electrons. The van der Waals surface area contributed by atoms with Gasteiger partial charge in [0.25, 0.3) is 0 Å². The lowest BCUT2D eigenvalue weighted by Gasteiger charge is -2.31. The topological polar surface area (TPSA) is 146 Å². The molecule has 2 atom stereocenters. The average Bonchev–Trinajstić information content (AvgIpc) is 2.85. The Hall–Kier alpha value is -1.92. The molecule has 158 valence electrons. The molecule has 3 aliphatic heterocycles. The van der Waals surface area contributed by atoms with Gasteiger partial charge in [-0.25, -0.2) is 4.79 Å². The summed E-state index contributed by atoms with van der Waals surface area (Å²) >= 11 is 0. The third kappa shape index (κ3) is 4.73. The van der Waals surface area contributed by atoms with Crippen molar-refractivity contribution in [3.63, 3.8) is 0 Å². The monoisotopic (exact) mass is 417 g/mol. The quantitative estimate of drug-likeness (QED) is 0.351. The molecular formula is C16H27N5O6S. The first-order valence-electron chi connectivity index (χ1n) is 9.48. The molecular weight excluding hydrogens is 390 g/mol. The van der Waals surface area contributed by atoms with Gasteiger partial charge >= 0.3 is 16.4 Å². The van der Waals surface area contributed by atoms with Gasteiger partial charge in [0, 0.05) is 33.1 Å². The van der Waals surface area contributed by atoms with Crippen LogP contribution in [0.25, 0.3) is 0 Å². The summed E-state index contributed by atoms with van der Waals surface area (Å²) in [6.07, 6.45) is 3.82. The Morgan fingerprint density at radius 3 is 2.57 bits per heavy atom. The van der Waals surface area contributed by atoms with E-state index >= 15 is 0 Å². The Bertz CT molecular complexity index is 749. The van der Waals surface area contributed by atoms with Crippen LogP contribution in [0, 0.1) is 5.92 Å². The molecule has 12 heteroatoms. The number of amides is 3. The number of rotatable bonds is 6. The van der Waals surface area contributed by atoms with Crippen molar-refractivity contribution < 1.29 is 26.8 Å². The van der Waals surface area contributed by atoms with E-state index < -0.39 is 28.5 Å². The summed E-state index contributed by atoms with van der Waals surface area (Å²) in [5.74, 6) is 0.954. The van der Waals surface area contributed by atoms with E-state index in [1.807, 2.05) is 4.90 Å². The number of nitrogens with two attached hydrogens (primary N) is 1. The van der Waals surface area contributed by atoms with Crippen LogP contribution in [0.4, 0.5) is 4.79 Å². The van der Waals surface area contributed by atoms with Crippen molar-refractivity contribution in [2.24, 2.45) is 16.6 Å².